The molecule has 0 amide bonds. The number of fused-ring (bicyclic) bond motifs is 9. The lowest BCUT2D eigenvalue weighted by molar-refractivity contribution is 0.672. The number of nitrogens with zero attached hydrogens (tertiary/aromatic N) is 2. The van der Waals surface area contributed by atoms with Gasteiger partial charge >= 0.3 is 0 Å². The lowest BCUT2D eigenvalue weighted by Gasteiger charge is -2.33. The Morgan fingerprint density at radius 3 is 1.91 bits per heavy atom. The van der Waals surface area contributed by atoms with Crippen LogP contribution in [0.3, 0.4) is 0 Å². The molecule has 10 aromatic carbocycles. The average Bonchev–Trinajstić information content (AvgIpc) is 3.92. The van der Waals surface area contributed by atoms with Crippen molar-refractivity contribution in [2.45, 2.75) is 12.5 Å². The Morgan fingerprint density at radius 1 is 0.492 bits per heavy atom. The molecule has 1 unspecified atom stereocenters. The zero-order valence-electron chi connectivity index (χ0n) is 35.8. The average molecular weight is 833 g/mol. The Kier molecular flexibility index (Phi) is 9.46. The predicted molar refractivity (Wildman–Crippen MR) is 277 cm³/mol. The summed E-state index contributed by atoms with van der Waals surface area (Å²) in [6.45, 7) is 4.49. The second-order valence-corrected chi connectivity index (χ2v) is 16.8. The van der Waals surface area contributed by atoms with Crippen molar-refractivity contribution < 1.29 is 4.42 Å². The minimum absolute atomic E-state index is 0.0828. The Balaban J connectivity index is 0.961. The van der Waals surface area contributed by atoms with Crippen molar-refractivity contribution >= 4 is 82.7 Å². The molecule has 308 valence electrons. The third-order valence-electron chi connectivity index (χ3n) is 13.1. The minimum atomic E-state index is -0.0828. The highest BCUT2D eigenvalue weighted by Crippen LogP contribution is 2.42. The van der Waals surface area contributed by atoms with Crippen LogP contribution in [0.25, 0.3) is 99.3 Å². The first-order valence-corrected chi connectivity index (χ1v) is 22.4. The number of para-hydroxylation sites is 3. The summed E-state index contributed by atoms with van der Waals surface area (Å²) < 4.78 is 8.96. The van der Waals surface area contributed by atoms with Gasteiger partial charge in [0.25, 0.3) is 0 Å². The summed E-state index contributed by atoms with van der Waals surface area (Å²) in [4.78, 5) is 2.47. The standard InChI is InChI=1S/C62H44N2O/c1-2-47(20-13-16-42-32-34-45(35-33-42)51-28-14-19-43-17-3-5-23-50(43)51)63(48-21-15-22-49(41-48)64-59-30-11-8-26-54(59)55-27-9-12-31-60(55)64)58-29-10-7-24-52(58)46-37-39-61-57(40-46)56-38-36-44-18-4-6-25-53(44)62(56)65-61/h2-19,21-41,47H,1,20H2/b16-13+. The maximum Gasteiger partial charge on any atom is 0.143 e. The Hall–Kier alpha value is -8.40. The van der Waals surface area contributed by atoms with Gasteiger partial charge in [0.15, 0.2) is 0 Å². The molecule has 0 spiro atoms. The van der Waals surface area contributed by atoms with Gasteiger partial charge in [-0.1, -0.05) is 182 Å². The predicted octanol–water partition coefficient (Wildman–Crippen LogP) is 17.1. The van der Waals surface area contributed by atoms with E-state index in [1.807, 2.05) is 0 Å². The second-order valence-electron chi connectivity index (χ2n) is 16.8. The lowest BCUT2D eigenvalue weighted by Crippen LogP contribution is -2.29. The summed E-state index contributed by atoms with van der Waals surface area (Å²) in [5.74, 6) is 0. The molecule has 3 heteroatoms. The molecule has 3 nitrogen and oxygen atoms in total. The lowest BCUT2D eigenvalue weighted by atomic mass is 9.97. The highest BCUT2D eigenvalue weighted by atomic mass is 16.3. The topological polar surface area (TPSA) is 21.3 Å². The molecule has 0 bridgehead atoms. The van der Waals surface area contributed by atoms with Crippen molar-refractivity contribution in [2.75, 3.05) is 4.90 Å². The minimum Gasteiger partial charge on any atom is -0.455 e. The fourth-order valence-electron chi connectivity index (χ4n) is 9.99. The highest BCUT2D eigenvalue weighted by Gasteiger charge is 2.23. The van der Waals surface area contributed by atoms with E-state index in [-0.39, 0.29) is 6.04 Å². The fraction of sp³-hybridized carbons (Fsp3) is 0.0323. The SMILES string of the molecule is C=CC(C/C=C/c1ccc(-c2cccc3ccccc23)cc1)N(c1cccc(-n2c3ccccc3c3ccccc32)c1)c1ccccc1-c1ccc2oc3c4ccccc4ccc3c2c1. The van der Waals surface area contributed by atoms with Crippen molar-refractivity contribution in [1.82, 2.24) is 4.57 Å². The van der Waals surface area contributed by atoms with E-state index in [1.165, 1.54) is 49.1 Å². The summed E-state index contributed by atoms with van der Waals surface area (Å²) in [6.07, 6.45) is 7.36. The number of anilines is 2. The van der Waals surface area contributed by atoms with E-state index in [9.17, 15) is 0 Å². The first-order chi connectivity index (χ1) is 32.2. The van der Waals surface area contributed by atoms with E-state index in [0.717, 1.165) is 67.5 Å². The number of aromatic nitrogens is 1. The van der Waals surface area contributed by atoms with E-state index in [1.54, 1.807) is 0 Å². The van der Waals surface area contributed by atoms with Crippen LogP contribution in [0.5, 0.6) is 0 Å². The van der Waals surface area contributed by atoms with Gasteiger partial charge in [0.2, 0.25) is 0 Å². The Labute approximate surface area is 378 Å². The molecule has 0 aliphatic carbocycles. The van der Waals surface area contributed by atoms with Crippen LogP contribution < -0.4 is 4.90 Å². The Morgan fingerprint density at radius 2 is 1.12 bits per heavy atom. The molecular formula is C62H44N2O. The second kappa shape index (κ2) is 16.1. The number of benzene rings is 10. The molecule has 0 fully saturated rings. The van der Waals surface area contributed by atoms with Crippen LogP contribution in [0, 0.1) is 0 Å². The van der Waals surface area contributed by atoms with Crippen molar-refractivity contribution in [2.24, 2.45) is 0 Å². The van der Waals surface area contributed by atoms with Gasteiger partial charge in [-0.25, -0.2) is 0 Å². The maximum absolute atomic E-state index is 6.56. The molecule has 2 aromatic heterocycles. The zero-order chi connectivity index (χ0) is 43.3. The van der Waals surface area contributed by atoms with Crippen LogP contribution in [0.4, 0.5) is 11.4 Å². The van der Waals surface area contributed by atoms with Crippen LogP contribution in [-0.4, -0.2) is 10.6 Å². The van der Waals surface area contributed by atoms with Gasteiger partial charge < -0.3 is 13.9 Å². The van der Waals surface area contributed by atoms with Gasteiger partial charge in [-0.2, -0.15) is 0 Å². The number of hydrogen-bond donors (Lipinski definition) is 0. The summed E-state index contributed by atoms with van der Waals surface area (Å²) in [7, 11) is 0. The summed E-state index contributed by atoms with van der Waals surface area (Å²) >= 11 is 0. The molecule has 1 atom stereocenters. The first kappa shape index (κ1) is 38.3. The van der Waals surface area contributed by atoms with Crippen molar-refractivity contribution in [3.05, 3.63) is 243 Å². The van der Waals surface area contributed by atoms with Crippen molar-refractivity contribution in [3.8, 4) is 27.9 Å². The van der Waals surface area contributed by atoms with Gasteiger partial charge in [-0.05, 0) is 99.4 Å². The maximum atomic E-state index is 6.56. The molecule has 2 heterocycles. The first-order valence-electron chi connectivity index (χ1n) is 22.4. The van der Waals surface area contributed by atoms with Gasteiger partial charge in [0, 0.05) is 49.6 Å². The van der Waals surface area contributed by atoms with E-state index >= 15 is 0 Å². The number of hydrogen-bond acceptors (Lipinski definition) is 2. The molecule has 0 N–H and O–H groups in total. The smallest absolute Gasteiger partial charge is 0.143 e. The molecule has 0 saturated carbocycles. The molecule has 12 rings (SSSR count). The summed E-state index contributed by atoms with van der Waals surface area (Å²) in [6, 6.07) is 78.6. The molecular weight excluding hydrogens is 789 g/mol. The van der Waals surface area contributed by atoms with Crippen LogP contribution in [-0.2, 0) is 0 Å². The summed E-state index contributed by atoms with van der Waals surface area (Å²) in [5, 5.41) is 9.52. The van der Waals surface area contributed by atoms with Gasteiger partial charge in [-0.15, -0.1) is 6.58 Å². The van der Waals surface area contributed by atoms with Gasteiger partial charge in [0.05, 0.1) is 17.1 Å². The molecule has 65 heavy (non-hydrogen) atoms. The highest BCUT2D eigenvalue weighted by molar-refractivity contribution is 6.16. The monoisotopic (exact) mass is 832 g/mol. The quantitative estimate of drug-likeness (QED) is 0.128. The van der Waals surface area contributed by atoms with Crippen LogP contribution in [0.15, 0.2) is 242 Å². The van der Waals surface area contributed by atoms with E-state index in [4.69, 9.17) is 4.42 Å². The van der Waals surface area contributed by atoms with E-state index in [2.05, 4.69) is 253 Å². The van der Waals surface area contributed by atoms with Crippen molar-refractivity contribution in [1.29, 1.82) is 0 Å². The molecule has 0 aliphatic rings. The van der Waals surface area contributed by atoms with Crippen molar-refractivity contribution in [3.63, 3.8) is 0 Å². The fourth-order valence-corrected chi connectivity index (χ4v) is 9.99. The largest absolute Gasteiger partial charge is 0.455 e. The van der Waals surface area contributed by atoms with Crippen LogP contribution >= 0.6 is 0 Å². The number of rotatable bonds is 10. The van der Waals surface area contributed by atoms with Crippen LogP contribution in [0.2, 0.25) is 0 Å². The molecule has 12 aromatic rings. The third kappa shape index (κ3) is 6.68. The van der Waals surface area contributed by atoms with E-state index < -0.39 is 0 Å². The van der Waals surface area contributed by atoms with Gasteiger partial charge in [-0.3, -0.25) is 0 Å². The molecule has 0 aliphatic heterocycles. The molecule has 0 saturated heterocycles. The zero-order valence-corrected chi connectivity index (χ0v) is 35.8. The van der Waals surface area contributed by atoms with E-state index in [0.29, 0.717) is 0 Å². The van der Waals surface area contributed by atoms with Gasteiger partial charge in [0.1, 0.15) is 11.2 Å². The summed E-state index contributed by atoms with van der Waals surface area (Å²) in [5.41, 5.74) is 13.3. The number of furan rings is 1. The third-order valence-corrected chi connectivity index (χ3v) is 13.1. The van der Waals surface area contributed by atoms with Crippen LogP contribution in [0.1, 0.15) is 12.0 Å². The Bertz CT molecular complexity index is 3730. The normalized spacial score (nSPS) is 12.3. The molecule has 0 radical (unpaired) electrons.